The van der Waals surface area contributed by atoms with E-state index >= 15 is 0 Å². The molecule has 1 nitrogen and oxygen atoms in total. The molecule has 0 unspecified atom stereocenters. The molecule has 116 valence electrons. The van der Waals surface area contributed by atoms with Gasteiger partial charge in [0, 0.05) is 6.61 Å². The summed E-state index contributed by atoms with van der Waals surface area (Å²) >= 11 is 0. The van der Waals surface area contributed by atoms with E-state index in [0.29, 0.717) is 6.61 Å². The largest absolute Gasteiger partial charge is 0.396 e. The van der Waals surface area contributed by atoms with Gasteiger partial charge in [-0.15, -0.1) is 0 Å². The number of hydrogen-bond donors (Lipinski definition) is 1. The molecule has 0 aromatic heterocycles. The summed E-state index contributed by atoms with van der Waals surface area (Å²) < 4.78 is 0. The summed E-state index contributed by atoms with van der Waals surface area (Å²) in [7, 11) is 0. The maximum absolute atomic E-state index is 8.57. The van der Waals surface area contributed by atoms with E-state index in [1.807, 2.05) is 0 Å². The van der Waals surface area contributed by atoms with Crippen molar-refractivity contribution in [3.8, 4) is 0 Å². The smallest absolute Gasteiger partial charge is 0.0431 e. The fourth-order valence-corrected chi connectivity index (χ4v) is 2.50. The van der Waals surface area contributed by atoms with E-state index in [4.69, 9.17) is 5.11 Å². The summed E-state index contributed by atoms with van der Waals surface area (Å²) in [5.74, 6) is 1.12. The molecule has 0 radical (unpaired) electrons. The molecule has 0 amide bonds. The van der Waals surface area contributed by atoms with Crippen molar-refractivity contribution in [2.24, 2.45) is 5.92 Å². The van der Waals surface area contributed by atoms with E-state index in [1.54, 1.807) is 0 Å². The van der Waals surface area contributed by atoms with Crippen LogP contribution in [0, 0.1) is 5.92 Å². The Morgan fingerprint density at radius 2 is 1.21 bits per heavy atom. The van der Waals surface area contributed by atoms with Crippen LogP contribution in [0.2, 0.25) is 0 Å². The van der Waals surface area contributed by atoms with E-state index < -0.39 is 0 Å². The molecule has 0 aromatic rings. The number of hydrogen-bond acceptors (Lipinski definition) is 1. The first kappa shape index (κ1) is 19.0. The van der Waals surface area contributed by atoms with E-state index in [1.165, 1.54) is 83.5 Å². The molecule has 0 heterocycles. The molecule has 1 aliphatic rings. The highest BCUT2D eigenvalue weighted by Gasteiger charge is 2.13. The van der Waals surface area contributed by atoms with Crippen LogP contribution in [-0.4, -0.2) is 11.7 Å². The fraction of sp³-hybridized carbons (Fsp3) is 1.00. The van der Waals surface area contributed by atoms with Crippen LogP contribution in [0.25, 0.3) is 0 Å². The number of aliphatic hydroxyl groups is 1. The Morgan fingerprint density at radius 3 is 1.47 bits per heavy atom. The lowest BCUT2D eigenvalue weighted by Gasteiger charge is -2.22. The second kappa shape index (κ2) is 16.0. The minimum Gasteiger partial charge on any atom is -0.396 e. The molecule has 1 saturated carbocycles. The van der Waals surface area contributed by atoms with Gasteiger partial charge >= 0.3 is 0 Å². The highest BCUT2D eigenvalue weighted by atomic mass is 16.2. The Bertz CT molecular complexity index is 139. The van der Waals surface area contributed by atoms with Gasteiger partial charge in [-0.05, 0) is 12.3 Å². The number of unbranched alkanes of at least 4 members (excludes halogenated alkanes) is 9. The van der Waals surface area contributed by atoms with Crippen LogP contribution in [-0.2, 0) is 0 Å². The lowest BCUT2D eigenvalue weighted by atomic mass is 9.84. The molecule has 1 N–H and O–H groups in total. The van der Waals surface area contributed by atoms with Gasteiger partial charge in [0.05, 0.1) is 0 Å². The van der Waals surface area contributed by atoms with Gasteiger partial charge in [-0.3, -0.25) is 0 Å². The molecule has 0 atom stereocenters. The first-order valence-electron chi connectivity index (χ1n) is 8.96. The third kappa shape index (κ3) is 14.2. The van der Waals surface area contributed by atoms with E-state index in [0.717, 1.165) is 12.3 Å². The summed E-state index contributed by atoms with van der Waals surface area (Å²) in [6.45, 7) is 4.91. The molecule has 1 heteroatoms. The maximum atomic E-state index is 8.57. The van der Waals surface area contributed by atoms with Gasteiger partial charge in [-0.25, -0.2) is 0 Å². The monoisotopic (exact) mass is 270 g/mol. The number of aliphatic hydroxyl groups excluding tert-OH is 1. The van der Waals surface area contributed by atoms with Gasteiger partial charge in [-0.1, -0.05) is 97.3 Å². The maximum Gasteiger partial charge on any atom is 0.0431 e. The van der Waals surface area contributed by atoms with Crippen molar-refractivity contribution in [3.05, 3.63) is 0 Å². The van der Waals surface area contributed by atoms with Crippen molar-refractivity contribution in [1.82, 2.24) is 0 Å². The Kier molecular flexibility index (Phi) is 16.0. The highest BCUT2D eigenvalue weighted by molar-refractivity contribution is 4.66. The SMILES string of the molecule is CCC1CCC1.CCCCCCCCCCCCO. The minimum absolute atomic E-state index is 0.372. The molecule has 0 bridgehead atoms. The number of rotatable bonds is 11. The van der Waals surface area contributed by atoms with E-state index in [9.17, 15) is 0 Å². The highest BCUT2D eigenvalue weighted by Crippen LogP contribution is 2.28. The van der Waals surface area contributed by atoms with Crippen LogP contribution in [0.5, 0.6) is 0 Å². The fourth-order valence-electron chi connectivity index (χ4n) is 2.50. The molecule has 1 rings (SSSR count). The first-order chi connectivity index (χ1) is 9.35. The topological polar surface area (TPSA) is 20.2 Å². The zero-order chi connectivity index (χ0) is 14.2. The molecule has 1 fully saturated rings. The molecule has 0 saturated heterocycles. The van der Waals surface area contributed by atoms with E-state index in [2.05, 4.69) is 13.8 Å². The molecular weight excluding hydrogens is 232 g/mol. The van der Waals surface area contributed by atoms with Gasteiger partial charge in [0.2, 0.25) is 0 Å². The average molecular weight is 271 g/mol. The van der Waals surface area contributed by atoms with Gasteiger partial charge < -0.3 is 5.11 Å². The van der Waals surface area contributed by atoms with Crippen molar-refractivity contribution in [1.29, 1.82) is 0 Å². The minimum atomic E-state index is 0.372. The molecule has 1 aliphatic carbocycles. The zero-order valence-corrected chi connectivity index (χ0v) is 13.6. The van der Waals surface area contributed by atoms with Gasteiger partial charge in [0.15, 0.2) is 0 Å². The third-order valence-electron chi connectivity index (χ3n) is 4.31. The van der Waals surface area contributed by atoms with Crippen molar-refractivity contribution >= 4 is 0 Å². The Balaban J connectivity index is 0.000000443. The second-order valence-corrected chi connectivity index (χ2v) is 6.11. The lowest BCUT2D eigenvalue weighted by Crippen LogP contribution is -2.08. The van der Waals surface area contributed by atoms with Crippen LogP contribution in [0.3, 0.4) is 0 Å². The van der Waals surface area contributed by atoms with Crippen LogP contribution in [0.15, 0.2) is 0 Å². The quantitative estimate of drug-likeness (QED) is 0.450. The van der Waals surface area contributed by atoms with Gasteiger partial charge in [-0.2, -0.15) is 0 Å². The Labute approximate surface area is 122 Å². The predicted octanol–water partition coefficient (Wildman–Crippen LogP) is 6.10. The summed E-state index contributed by atoms with van der Waals surface area (Å²) in [6, 6.07) is 0. The van der Waals surface area contributed by atoms with Crippen LogP contribution in [0.1, 0.15) is 104 Å². The first-order valence-corrected chi connectivity index (χ1v) is 8.96. The molecule has 19 heavy (non-hydrogen) atoms. The average Bonchev–Trinajstić information content (AvgIpc) is 2.36. The van der Waals surface area contributed by atoms with Gasteiger partial charge in [0.1, 0.15) is 0 Å². The Morgan fingerprint density at radius 1 is 0.737 bits per heavy atom. The normalized spacial score (nSPS) is 14.7. The zero-order valence-electron chi connectivity index (χ0n) is 13.6. The Hall–Kier alpha value is -0.0400. The van der Waals surface area contributed by atoms with Crippen LogP contribution < -0.4 is 0 Å². The molecule has 0 spiro atoms. The van der Waals surface area contributed by atoms with Crippen molar-refractivity contribution in [2.75, 3.05) is 6.61 Å². The van der Waals surface area contributed by atoms with Crippen LogP contribution >= 0.6 is 0 Å². The molecular formula is C18H38O. The van der Waals surface area contributed by atoms with Crippen molar-refractivity contribution in [2.45, 2.75) is 104 Å². The lowest BCUT2D eigenvalue weighted by molar-refractivity contribution is 0.282. The summed E-state index contributed by atoms with van der Waals surface area (Å²) in [6.07, 6.45) is 19.2. The van der Waals surface area contributed by atoms with Crippen molar-refractivity contribution < 1.29 is 5.11 Å². The summed E-state index contributed by atoms with van der Waals surface area (Å²) in [5, 5.41) is 8.57. The predicted molar refractivity (Wildman–Crippen MR) is 86.6 cm³/mol. The molecule has 0 aliphatic heterocycles. The van der Waals surface area contributed by atoms with Crippen LogP contribution in [0.4, 0.5) is 0 Å². The third-order valence-corrected chi connectivity index (χ3v) is 4.31. The van der Waals surface area contributed by atoms with Gasteiger partial charge in [0.25, 0.3) is 0 Å². The summed E-state index contributed by atoms with van der Waals surface area (Å²) in [5.41, 5.74) is 0. The van der Waals surface area contributed by atoms with Crippen molar-refractivity contribution in [3.63, 3.8) is 0 Å². The summed E-state index contributed by atoms with van der Waals surface area (Å²) in [4.78, 5) is 0. The standard InChI is InChI=1S/C12H26O.C6H12/c1-2-3-4-5-6-7-8-9-10-11-12-13;1-2-6-4-3-5-6/h13H,2-12H2,1H3;6H,2-5H2,1H3. The van der Waals surface area contributed by atoms with E-state index in [-0.39, 0.29) is 0 Å². The second-order valence-electron chi connectivity index (χ2n) is 6.11. The molecule has 0 aromatic carbocycles.